The third kappa shape index (κ3) is 4.12. The third-order valence-corrected chi connectivity index (χ3v) is 4.99. The summed E-state index contributed by atoms with van der Waals surface area (Å²) in [6.45, 7) is 6.59. The summed E-state index contributed by atoms with van der Waals surface area (Å²) >= 11 is 0. The van der Waals surface area contributed by atoms with E-state index in [9.17, 15) is 4.79 Å². The second-order valence-corrected chi connectivity index (χ2v) is 6.89. The summed E-state index contributed by atoms with van der Waals surface area (Å²) in [6, 6.07) is 3.65. The number of hydrogen-bond donors (Lipinski definition) is 0. The lowest BCUT2D eigenvalue weighted by atomic mass is 9.80. The van der Waals surface area contributed by atoms with Crippen molar-refractivity contribution in [3.05, 3.63) is 30.1 Å². The molecule has 0 unspecified atom stereocenters. The van der Waals surface area contributed by atoms with E-state index < -0.39 is 0 Å². The van der Waals surface area contributed by atoms with Crippen molar-refractivity contribution in [3.63, 3.8) is 0 Å². The molecular weight excluding hydrogens is 306 g/mol. The molecule has 2 aliphatic heterocycles. The van der Waals surface area contributed by atoms with Gasteiger partial charge in [-0.1, -0.05) is 0 Å². The summed E-state index contributed by atoms with van der Waals surface area (Å²) in [6.07, 6.45) is 5.47. The van der Waals surface area contributed by atoms with E-state index in [1.807, 2.05) is 17.0 Å². The van der Waals surface area contributed by atoms with Gasteiger partial charge in [0.2, 0.25) is 0 Å². The van der Waals surface area contributed by atoms with Gasteiger partial charge in [-0.15, -0.1) is 0 Å². The van der Waals surface area contributed by atoms with Crippen LogP contribution in [-0.4, -0.2) is 80.3 Å². The minimum absolute atomic E-state index is 0.0281. The van der Waals surface area contributed by atoms with Crippen molar-refractivity contribution in [2.75, 3.05) is 59.7 Å². The summed E-state index contributed by atoms with van der Waals surface area (Å²) in [5.41, 5.74) is 0.695. The highest BCUT2D eigenvalue weighted by atomic mass is 16.5. The molecule has 132 valence electrons. The molecule has 0 bridgehead atoms. The zero-order valence-corrected chi connectivity index (χ0v) is 14.4. The summed E-state index contributed by atoms with van der Waals surface area (Å²) < 4.78 is 11.1. The number of nitrogens with zero attached hydrogens (tertiary/aromatic N) is 3. The Hall–Kier alpha value is -1.50. The van der Waals surface area contributed by atoms with E-state index in [1.165, 1.54) is 0 Å². The molecule has 6 heteroatoms. The first-order valence-corrected chi connectivity index (χ1v) is 8.71. The van der Waals surface area contributed by atoms with Gasteiger partial charge in [0.15, 0.2) is 0 Å². The maximum Gasteiger partial charge on any atom is 0.255 e. The smallest absolute Gasteiger partial charge is 0.255 e. The molecule has 0 radical (unpaired) electrons. The average molecular weight is 333 g/mol. The van der Waals surface area contributed by atoms with Crippen molar-refractivity contribution in [1.29, 1.82) is 0 Å². The monoisotopic (exact) mass is 333 g/mol. The molecule has 24 heavy (non-hydrogen) atoms. The Labute approximate surface area is 143 Å². The predicted octanol–water partition coefficient (Wildman–Crippen LogP) is 1.28. The highest BCUT2D eigenvalue weighted by Gasteiger charge is 2.40. The average Bonchev–Trinajstić information content (AvgIpc) is 2.82. The second kappa shape index (κ2) is 8.05. The molecule has 2 aliphatic rings. The largest absolute Gasteiger partial charge is 0.383 e. The van der Waals surface area contributed by atoms with Crippen LogP contribution >= 0.6 is 0 Å². The Balaban J connectivity index is 1.69. The first-order valence-electron chi connectivity index (χ1n) is 8.71. The lowest BCUT2D eigenvalue weighted by molar-refractivity contribution is 0.00618. The van der Waals surface area contributed by atoms with Crippen LogP contribution in [0.2, 0.25) is 0 Å². The van der Waals surface area contributed by atoms with Crippen LogP contribution in [0.15, 0.2) is 24.5 Å². The number of likely N-dealkylation sites (tertiary alicyclic amines) is 1. The Kier molecular flexibility index (Phi) is 5.81. The number of piperidine rings is 1. The van der Waals surface area contributed by atoms with Crippen LogP contribution in [0, 0.1) is 5.41 Å². The molecule has 2 saturated heterocycles. The molecule has 0 N–H and O–H groups in total. The lowest BCUT2D eigenvalue weighted by Gasteiger charge is -2.43. The van der Waals surface area contributed by atoms with Gasteiger partial charge in [-0.05, 0) is 25.0 Å². The SMILES string of the molecule is COCCN1CCOC[C@@]2(CCCN(C(=O)c3cccnc3)C2)C1. The van der Waals surface area contributed by atoms with Crippen molar-refractivity contribution < 1.29 is 14.3 Å². The van der Waals surface area contributed by atoms with Gasteiger partial charge >= 0.3 is 0 Å². The van der Waals surface area contributed by atoms with Crippen molar-refractivity contribution in [2.45, 2.75) is 12.8 Å². The Morgan fingerprint density at radius 2 is 2.33 bits per heavy atom. The molecule has 2 fully saturated rings. The number of carbonyl (C=O) groups excluding carboxylic acids is 1. The van der Waals surface area contributed by atoms with E-state index in [1.54, 1.807) is 19.5 Å². The standard InChI is InChI=1S/C18H27N3O3/c1-23-10-8-20-9-11-24-15-18(13-20)5-3-7-21(14-18)17(22)16-4-2-6-19-12-16/h2,4,6,12H,3,5,7-11,13-15H2,1H3/t18-/m0/s1. The van der Waals surface area contributed by atoms with Crippen LogP contribution < -0.4 is 0 Å². The minimum atomic E-state index is 0.0281. The zero-order chi connectivity index (χ0) is 16.8. The Morgan fingerprint density at radius 1 is 1.42 bits per heavy atom. The predicted molar refractivity (Wildman–Crippen MR) is 90.9 cm³/mol. The van der Waals surface area contributed by atoms with Gasteiger partial charge in [0.25, 0.3) is 5.91 Å². The Morgan fingerprint density at radius 3 is 3.12 bits per heavy atom. The lowest BCUT2D eigenvalue weighted by Crippen LogP contribution is -2.52. The van der Waals surface area contributed by atoms with Crippen LogP contribution in [0.25, 0.3) is 0 Å². The molecule has 0 aliphatic carbocycles. The first kappa shape index (κ1) is 17.3. The van der Waals surface area contributed by atoms with Gasteiger partial charge in [-0.2, -0.15) is 0 Å². The van der Waals surface area contributed by atoms with E-state index in [0.717, 1.165) is 65.4 Å². The molecule has 1 amide bonds. The molecule has 3 heterocycles. The van der Waals surface area contributed by atoms with E-state index in [0.29, 0.717) is 5.56 Å². The summed E-state index contributed by atoms with van der Waals surface area (Å²) in [5, 5.41) is 0. The van der Waals surface area contributed by atoms with Crippen LogP contribution in [0.4, 0.5) is 0 Å². The van der Waals surface area contributed by atoms with Crippen molar-refractivity contribution in [1.82, 2.24) is 14.8 Å². The number of rotatable bonds is 4. The van der Waals surface area contributed by atoms with Gasteiger partial charge in [-0.25, -0.2) is 0 Å². The zero-order valence-electron chi connectivity index (χ0n) is 14.4. The fraction of sp³-hybridized carbons (Fsp3) is 0.667. The molecule has 3 rings (SSSR count). The highest BCUT2D eigenvalue weighted by Crippen LogP contribution is 2.33. The number of aromatic nitrogens is 1. The first-order chi connectivity index (χ1) is 11.7. The van der Waals surface area contributed by atoms with Crippen LogP contribution in [0.3, 0.4) is 0 Å². The van der Waals surface area contributed by atoms with Gasteiger partial charge in [0.1, 0.15) is 0 Å². The molecule has 1 aromatic rings. The summed E-state index contributed by atoms with van der Waals surface area (Å²) in [7, 11) is 1.74. The maximum atomic E-state index is 12.8. The number of ether oxygens (including phenoxy) is 2. The Bertz CT molecular complexity index is 540. The van der Waals surface area contributed by atoms with Crippen LogP contribution in [0.5, 0.6) is 0 Å². The number of amides is 1. The molecule has 1 spiro atoms. The number of methoxy groups -OCH3 is 1. The number of hydrogen-bond acceptors (Lipinski definition) is 5. The summed E-state index contributed by atoms with van der Waals surface area (Å²) in [5.74, 6) is 0.0786. The van der Waals surface area contributed by atoms with E-state index in [4.69, 9.17) is 9.47 Å². The molecule has 0 aromatic carbocycles. The quantitative estimate of drug-likeness (QED) is 0.831. The van der Waals surface area contributed by atoms with Crippen LogP contribution in [-0.2, 0) is 9.47 Å². The third-order valence-electron chi connectivity index (χ3n) is 4.99. The van der Waals surface area contributed by atoms with Gasteiger partial charge < -0.3 is 14.4 Å². The normalized spacial score (nSPS) is 25.6. The summed E-state index contributed by atoms with van der Waals surface area (Å²) in [4.78, 5) is 21.2. The van der Waals surface area contributed by atoms with E-state index in [2.05, 4.69) is 9.88 Å². The molecule has 0 saturated carbocycles. The fourth-order valence-electron chi connectivity index (χ4n) is 3.79. The van der Waals surface area contributed by atoms with E-state index >= 15 is 0 Å². The van der Waals surface area contributed by atoms with Gasteiger partial charge in [0, 0.05) is 57.6 Å². The second-order valence-electron chi connectivity index (χ2n) is 6.89. The number of pyridine rings is 1. The van der Waals surface area contributed by atoms with Gasteiger partial charge in [0.05, 0.1) is 25.4 Å². The van der Waals surface area contributed by atoms with Crippen molar-refractivity contribution in [2.24, 2.45) is 5.41 Å². The minimum Gasteiger partial charge on any atom is -0.383 e. The molecule has 6 nitrogen and oxygen atoms in total. The van der Waals surface area contributed by atoms with E-state index in [-0.39, 0.29) is 11.3 Å². The molecule has 1 atom stereocenters. The number of carbonyl (C=O) groups is 1. The fourth-order valence-corrected chi connectivity index (χ4v) is 3.79. The molecule has 1 aromatic heterocycles. The van der Waals surface area contributed by atoms with Crippen molar-refractivity contribution >= 4 is 5.91 Å². The van der Waals surface area contributed by atoms with Crippen LogP contribution in [0.1, 0.15) is 23.2 Å². The maximum absolute atomic E-state index is 12.8. The van der Waals surface area contributed by atoms with Crippen molar-refractivity contribution in [3.8, 4) is 0 Å². The topological polar surface area (TPSA) is 54.9 Å². The highest BCUT2D eigenvalue weighted by molar-refractivity contribution is 5.93. The van der Waals surface area contributed by atoms with Gasteiger partial charge in [-0.3, -0.25) is 14.7 Å². The molecular formula is C18H27N3O3.